The van der Waals surface area contributed by atoms with Crippen LogP contribution in [0.2, 0.25) is 0 Å². The van der Waals surface area contributed by atoms with Crippen molar-refractivity contribution in [2.24, 2.45) is 0 Å². The van der Waals surface area contributed by atoms with Gasteiger partial charge in [0, 0.05) is 13.2 Å². The molecule has 0 unspecified atom stereocenters. The zero-order valence-corrected chi connectivity index (χ0v) is 11.7. The fourth-order valence-electron chi connectivity index (χ4n) is 1.86. The first-order valence-corrected chi connectivity index (χ1v) is 5.78. The van der Waals surface area contributed by atoms with E-state index in [1.54, 1.807) is 21.3 Å². The number of benzene rings is 1. The lowest BCUT2D eigenvalue weighted by Crippen LogP contribution is -2.28. The number of nitrogens with zero attached hydrogens (tertiary/aromatic N) is 1. The third-order valence-electron chi connectivity index (χ3n) is 2.61. The molecule has 0 spiro atoms. The summed E-state index contributed by atoms with van der Waals surface area (Å²) in [6.07, 6.45) is 0. The summed E-state index contributed by atoms with van der Waals surface area (Å²) in [7, 11) is 8.81. The Bertz CT molecular complexity index is 357. The average molecular weight is 254 g/mol. The molecule has 1 aromatic rings. The first-order chi connectivity index (χ1) is 8.65. The van der Waals surface area contributed by atoms with E-state index in [1.165, 1.54) is 0 Å². The normalized spacial score (nSPS) is 10.6. The quantitative estimate of drug-likeness (QED) is 0.743. The van der Waals surface area contributed by atoms with Gasteiger partial charge in [-0.05, 0) is 31.8 Å². The minimum atomic E-state index is 0.625. The molecule has 0 saturated heterocycles. The van der Waals surface area contributed by atoms with Gasteiger partial charge in [0.2, 0.25) is 5.75 Å². The number of hydrogen-bond acceptors (Lipinski definition) is 5. The van der Waals surface area contributed by atoms with E-state index in [1.807, 2.05) is 26.2 Å². The van der Waals surface area contributed by atoms with Gasteiger partial charge in [-0.1, -0.05) is 0 Å². The Balaban J connectivity index is 2.99. The highest BCUT2D eigenvalue weighted by Crippen LogP contribution is 2.38. The van der Waals surface area contributed by atoms with E-state index in [-0.39, 0.29) is 0 Å². The van der Waals surface area contributed by atoms with Crippen molar-refractivity contribution in [3.8, 4) is 17.2 Å². The van der Waals surface area contributed by atoms with Gasteiger partial charge in [0.05, 0.1) is 21.3 Å². The molecule has 0 aliphatic heterocycles. The van der Waals surface area contributed by atoms with Crippen molar-refractivity contribution in [1.29, 1.82) is 0 Å². The minimum absolute atomic E-state index is 0.625. The van der Waals surface area contributed by atoms with Gasteiger partial charge in [-0.25, -0.2) is 0 Å². The maximum Gasteiger partial charge on any atom is 0.203 e. The molecule has 0 saturated carbocycles. The van der Waals surface area contributed by atoms with Crippen LogP contribution in [-0.4, -0.2) is 47.0 Å². The molecule has 0 radical (unpaired) electrons. The van der Waals surface area contributed by atoms with E-state index in [2.05, 4.69) is 10.2 Å². The Kier molecular flexibility index (Phi) is 5.74. The summed E-state index contributed by atoms with van der Waals surface area (Å²) in [6.45, 7) is 1.62. The number of methoxy groups -OCH3 is 3. The third kappa shape index (κ3) is 3.51. The molecule has 1 rings (SSSR count). The molecule has 1 aromatic carbocycles. The Morgan fingerprint density at radius 2 is 1.61 bits per heavy atom. The van der Waals surface area contributed by atoms with Crippen LogP contribution >= 0.6 is 0 Å². The van der Waals surface area contributed by atoms with E-state index < -0.39 is 0 Å². The molecule has 0 aliphatic carbocycles. The topological polar surface area (TPSA) is 43.0 Å². The minimum Gasteiger partial charge on any atom is -0.493 e. The summed E-state index contributed by atoms with van der Waals surface area (Å²) < 4.78 is 15.9. The highest BCUT2D eigenvalue weighted by atomic mass is 16.5. The highest BCUT2D eigenvalue weighted by Gasteiger charge is 2.13. The molecule has 1 N–H and O–H groups in total. The second-order valence-electron chi connectivity index (χ2n) is 4.06. The predicted molar refractivity (Wildman–Crippen MR) is 71.5 cm³/mol. The molecule has 5 nitrogen and oxygen atoms in total. The summed E-state index contributed by atoms with van der Waals surface area (Å²) in [5.74, 6) is 1.99. The van der Waals surface area contributed by atoms with Crippen LogP contribution in [0.1, 0.15) is 5.56 Å². The standard InChI is InChI=1S/C13H22N2O3/c1-14-9-15(2)8-10-6-11(16-3)13(18-5)12(7-10)17-4/h6-7,14H,8-9H2,1-5H3. The predicted octanol–water partition coefficient (Wildman–Crippen LogP) is 1.32. The molecule has 5 heteroatoms. The summed E-state index contributed by atoms with van der Waals surface area (Å²) in [6, 6.07) is 3.93. The van der Waals surface area contributed by atoms with E-state index in [0.29, 0.717) is 17.2 Å². The second-order valence-corrected chi connectivity index (χ2v) is 4.06. The Labute approximate surface area is 109 Å². The number of ether oxygens (including phenoxy) is 3. The van der Waals surface area contributed by atoms with Crippen molar-refractivity contribution in [1.82, 2.24) is 10.2 Å². The number of nitrogens with one attached hydrogen (secondary N) is 1. The Morgan fingerprint density at radius 1 is 1.06 bits per heavy atom. The Morgan fingerprint density at radius 3 is 2.00 bits per heavy atom. The lowest BCUT2D eigenvalue weighted by Gasteiger charge is -2.18. The van der Waals surface area contributed by atoms with Crippen molar-refractivity contribution < 1.29 is 14.2 Å². The average Bonchev–Trinajstić information content (AvgIpc) is 2.37. The molecule has 0 aromatic heterocycles. The van der Waals surface area contributed by atoms with E-state index >= 15 is 0 Å². The lowest BCUT2D eigenvalue weighted by atomic mass is 10.1. The maximum absolute atomic E-state index is 5.32. The maximum atomic E-state index is 5.32. The molecule has 102 valence electrons. The van der Waals surface area contributed by atoms with Gasteiger partial charge >= 0.3 is 0 Å². The molecule has 0 heterocycles. The molecular weight excluding hydrogens is 232 g/mol. The zero-order chi connectivity index (χ0) is 13.5. The van der Waals surface area contributed by atoms with Gasteiger partial charge in [-0.3, -0.25) is 4.90 Å². The molecule has 0 aliphatic rings. The number of hydrogen-bond donors (Lipinski definition) is 1. The molecule has 0 atom stereocenters. The van der Waals surface area contributed by atoms with Crippen molar-refractivity contribution in [2.45, 2.75) is 6.54 Å². The fraction of sp³-hybridized carbons (Fsp3) is 0.538. The van der Waals surface area contributed by atoms with Crippen molar-refractivity contribution in [3.05, 3.63) is 17.7 Å². The molecule has 18 heavy (non-hydrogen) atoms. The van der Waals surface area contributed by atoms with Gasteiger partial charge < -0.3 is 19.5 Å². The van der Waals surface area contributed by atoms with Crippen LogP contribution in [0.4, 0.5) is 0 Å². The van der Waals surface area contributed by atoms with Crippen LogP contribution in [0.15, 0.2) is 12.1 Å². The summed E-state index contributed by atoms with van der Waals surface area (Å²) >= 11 is 0. The van der Waals surface area contributed by atoms with Crippen LogP contribution in [0.5, 0.6) is 17.2 Å². The first-order valence-electron chi connectivity index (χ1n) is 5.78. The van der Waals surface area contributed by atoms with E-state index in [9.17, 15) is 0 Å². The molecule has 0 bridgehead atoms. The molecule has 0 amide bonds. The van der Waals surface area contributed by atoms with E-state index in [4.69, 9.17) is 14.2 Å². The Hall–Kier alpha value is -1.46. The first kappa shape index (κ1) is 14.6. The van der Waals surface area contributed by atoms with Gasteiger partial charge in [0.1, 0.15) is 0 Å². The smallest absolute Gasteiger partial charge is 0.203 e. The van der Waals surface area contributed by atoms with Gasteiger partial charge in [-0.2, -0.15) is 0 Å². The summed E-state index contributed by atoms with van der Waals surface area (Å²) in [5.41, 5.74) is 1.11. The second kappa shape index (κ2) is 7.08. The highest BCUT2D eigenvalue weighted by molar-refractivity contribution is 5.53. The zero-order valence-electron chi connectivity index (χ0n) is 11.7. The molecule has 0 fully saturated rings. The van der Waals surface area contributed by atoms with Crippen LogP contribution < -0.4 is 19.5 Å². The SMILES string of the molecule is CNCN(C)Cc1cc(OC)c(OC)c(OC)c1. The van der Waals surface area contributed by atoms with Crippen molar-refractivity contribution >= 4 is 0 Å². The van der Waals surface area contributed by atoms with Gasteiger partial charge in [0.25, 0.3) is 0 Å². The van der Waals surface area contributed by atoms with Crippen LogP contribution in [0, 0.1) is 0 Å². The largest absolute Gasteiger partial charge is 0.493 e. The fourth-order valence-corrected chi connectivity index (χ4v) is 1.86. The van der Waals surface area contributed by atoms with Crippen LogP contribution in [-0.2, 0) is 6.54 Å². The lowest BCUT2D eigenvalue weighted by molar-refractivity contribution is 0.303. The summed E-state index contributed by atoms with van der Waals surface area (Å²) in [4.78, 5) is 2.15. The third-order valence-corrected chi connectivity index (χ3v) is 2.61. The number of rotatable bonds is 7. The summed E-state index contributed by atoms with van der Waals surface area (Å²) in [5, 5.41) is 3.11. The van der Waals surface area contributed by atoms with Crippen LogP contribution in [0.25, 0.3) is 0 Å². The van der Waals surface area contributed by atoms with Gasteiger partial charge in [0.15, 0.2) is 11.5 Å². The van der Waals surface area contributed by atoms with E-state index in [0.717, 1.165) is 18.8 Å². The van der Waals surface area contributed by atoms with Crippen molar-refractivity contribution in [2.75, 3.05) is 42.1 Å². The van der Waals surface area contributed by atoms with Gasteiger partial charge in [-0.15, -0.1) is 0 Å². The van der Waals surface area contributed by atoms with Crippen LogP contribution in [0.3, 0.4) is 0 Å². The molecular formula is C13H22N2O3. The monoisotopic (exact) mass is 254 g/mol. The van der Waals surface area contributed by atoms with Crippen molar-refractivity contribution in [3.63, 3.8) is 0 Å².